The van der Waals surface area contributed by atoms with Crippen molar-refractivity contribution >= 4 is 17.0 Å². The van der Waals surface area contributed by atoms with Crippen molar-refractivity contribution in [1.82, 2.24) is 9.88 Å². The molecule has 5 heteroatoms. The van der Waals surface area contributed by atoms with Crippen molar-refractivity contribution in [2.75, 3.05) is 13.1 Å². The molecule has 112 valence electrons. The molecule has 1 aromatic carbocycles. The van der Waals surface area contributed by atoms with Gasteiger partial charge in [0.2, 0.25) is 5.91 Å². The monoisotopic (exact) mass is 287 g/mol. The molecule has 0 aliphatic carbocycles. The number of piperidine rings is 1. The molecule has 1 aliphatic heterocycles. The Kier molecular flexibility index (Phi) is 3.92. The molecule has 1 atom stereocenters. The summed E-state index contributed by atoms with van der Waals surface area (Å²) in [5.41, 5.74) is 7.22. The SMILES string of the molecule is CCC(C(N)=O)N1CCC(c2nc3ccccc3o2)CC1. The Morgan fingerprint density at radius 2 is 2.14 bits per heavy atom. The summed E-state index contributed by atoms with van der Waals surface area (Å²) in [5.74, 6) is 0.930. The van der Waals surface area contributed by atoms with Crippen molar-refractivity contribution in [3.63, 3.8) is 0 Å². The number of rotatable bonds is 4. The van der Waals surface area contributed by atoms with Crippen molar-refractivity contribution in [3.05, 3.63) is 30.2 Å². The molecule has 2 heterocycles. The molecule has 0 bridgehead atoms. The van der Waals surface area contributed by atoms with Gasteiger partial charge in [-0.05, 0) is 44.5 Å². The van der Waals surface area contributed by atoms with Crippen LogP contribution in [0.15, 0.2) is 28.7 Å². The molecule has 3 rings (SSSR count). The largest absolute Gasteiger partial charge is 0.440 e. The van der Waals surface area contributed by atoms with E-state index < -0.39 is 0 Å². The second-order valence-electron chi connectivity index (χ2n) is 5.66. The first-order valence-corrected chi connectivity index (χ1v) is 7.58. The highest BCUT2D eigenvalue weighted by molar-refractivity contribution is 5.79. The zero-order chi connectivity index (χ0) is 14.8. The Morgan fingerprint density at radius 3 is 2.76 bits per heavy atom. The molecular weight excluding hydrogens is 266 g/mol. The van der Waals surface area contributed by atoms with Crippen LogP contribution in [0.2, 0.25) is 0 Å². The second-order valence-corrected chi connectivity index (χ2v) is 5.66. The predicted molar refractivity (Wildman–Crippen MR) is 80.8 cm³/mol. The van der Waals surface area contributed by atoms with Crippen LogP contribution in [0.25, 0.3) is 11.1 Å². The molecule has 2 N–H and O–H groups in total. The molecule has 0 radical (unpaired) electrons. The average Bonchev–Trinajstić information content (AvgIpc) is 2.92. The van der Waals surface area contributed by atoms with Gasteiger partial charge in [0.1, 0.15) is 5.52 Å². The van der Waals surface area contributed by atoms with E-state index in [1.54, 1.807) is 0 Å². The van der Waals surface area contributed by atoms with Crippen LogP contribution < -0.4 is 5.73 Å². The van der Waals surface area contributed by atoms with Gasteiger partial charge in [0, 0.05) is 5.92 Å². The third-order valence-electron chi connectivity index (χ3n) is 4.35. The highest BCUT2D eigenvalue weighted by Gasteiger charge is 2.29. The minimum absolute atomic E-state index is 0.144. The van der Waals surface area contributed by atoms with Crippen LogP contribution in [0.1, 0.15) is 38.0 Å². The molecule has 21 heavy (non-hydrogen) atoms. The van der Waals surface area contributed by atoms with Gasteiger partial charge in [0.15, 0.2) is 11.5 Å². The highest BCUT2D eigenvalue weighted by atomic mass is 16.3. The minimum Gasteiger partial charge on any atom is -0.440 e. The molecule has 0 spiro atoms. The zero-order valence-electron chi connectivity index (χ0n) is 12.3. The first kappa shape index (κ1) is 14.1. The normalized spacial score (nSPS) is 18.9. The number of amides is 1. The van der Waals surface area contributed by atoms with Crippen molar-refractivity contribution < 1.29 is 9.21 Å². The number of hydrogen-bond donors (Lipinski definition) is 1. The Labute approximate surface area is 124 Å². The van der Waals surface area contributed by atoms with Crippen LogP contribution in [0, 0.1) is 0 Å². The molecule has 2 aromatic rings. The van der Waals surface area contributed by atoms with Gasteiger partial charge in [-0.3, -0.25) is 9.69 Å². The summed E-state index contributed by atoms with van der Waals surface area (Å²) in [4.78, 5) is 18.2. The van der Waals surface area contributed by atoms with E-state index in [0.717, 1.165) is 49.3 Å². The van der Waals surface area contributed by atoms with Gasteiger partial charge in [0.25, 0.3) is 0 Å². The van der Waals surface area contributed by atoms with Crippen molar-refractivity contribution in [2.24, 2.45) is 5.73 Å². The van der Waals surface area contributed by atoms with Crippen molar-refractivity contribution in [1.29, 1.82) is 0 Å². The number of aromatic nitrogens is 1. The molecular formula is C16H21N3O2. The lowest BCUT2D eigenvalue weighted by molar-refractivity contribution is -0.123. The van der Waals surface area contributed by atoms with Gasteiger partial charge >= 0.3 is 0 Å². The van der Waals surface area contributed by atoms with Crippen LogP contribution in [0.3, 0.4) is 0 Å². The highest BCUT2D eigenvalue weighted by Crippen LogP contribution is 2.30. The van der Waals surface area contributed by atoms with E-state index >= 15 is 0 Å². The number of nitrogens with zero attached hydrogens (tertiary/aromatic N) is 2. The summed E-state index contributed by atoms with van der Waals surface area (Å²) in [6.45, 7) is 3.73. The van der Waals surface area contributed by atoms with Crippen LogP contribution in [0.5, 0.6) is 0 Å². The number of para-hydroxylation sites is 2. The maximum atomic E-state index is 11.4. The third kappa shape index (κ3) is 2.78. The van der Waals surface area contributed by atoms with E-state index in [-0.39, 0.29) is 11.9 Å². The summed E-state index contributed by atoms with van der Waals surface area (Å²) < 4.78 is 5.86. The predicted octanol–water partition coefficient (Wildman–Crippen LogP) is 2.27. The van der Waals surface area contributed by atoms with Gasteiger partial charge in [-0.1, -0.05) is 19.1 Å². The molecule has 1 aliphatic rings. The number of oxazole rings is 1. The van der Waals surface area contributed by atoms with Crippen LogP contribution in [-0.4, -0.2) is 34.9 Å². The van der Waals surface area contributed by atoms with E-state index in [1.807, 2.05) is 31.2 Å². The Morgan fingerprint density at radius 1 is 1.43 bits per heavy atom. The summed E-state index contributed by atoms with van der Waals surface area (Å²) in [6, 6.07) is 7.70. The number of likely N-dealkylation sites (tertiary alicyclic amines) is 1. The molecule has 1 unspecified atom stereocenters. The molecule has 1 fully saturated rings. The van der Waals surface area contributed by atoms with Gasteiger partial charge < -0.3 is 10.2 Å². The number of nitrogens with two attached hydrogens (primary N) is 1. The number of carbonyl (C=O) groups excluding carboxylic acids is 1. The zero-order valence-corrected chi connectivity index (χ0v) is 12.3. The number of carbonyl (C=O) groups is 1. The van der Waals surface area contributed by atoms with E-state index in [0.29, 0.717) is 5.92 Å². The van der Waals surface area contributed by atoms with E-state index in [9.17, 15) is 4.79 Å². The Bertz CT molecular complexity index is 596. The summed E-state index contributed by atoms with van der Waals surface area (Å²) in [7, 11) is 0. The lowest BCUT2D eigenvalue weighted by atomic mass is 9.95. The summed E-state index contributed by atoms with van der Waals surface area (Å²) in [5, 5.41) is 0. The fraction of sp³-hybridized carbons (Fsp3) is 0.500. The van der Waals surface area contributed by atoms with Gasteiger partial charge in [-0.2, -0.15) is 0 Å². The minimum atomic E-state index is -0.224. The van der Waals surface area contributed by atoms with Crippen LogP contribution >= 0.6 is 0 Å². The van der Waals surface area contributed by atoms with Crippen molar-refractivity contribution in [3.8, 4) is 0 Å². The lowest BCUT2D eigenvalue weighted by Gasteiger charge is -2.34. The maximum absolute atomic E-state index is 11.4. The topological polar surface area (TPSA) is 72.4 Å². The molecule has 1 amide bonds. The van der Waals surface area contributed by atoms with Crippen LogP contribution in [-0.2, 0) is 4.79 Å². The van der Waals surface area contributed by atoms with Crippen LogP contribution in [0.4, 0.5) is 0 Å². The second kappa shape index (κ2) is 5.85. The van der Waals surface area contributed by atoms with Gasteiger partial charge in [-0.25, -0.2) is 4.98 Å². The number of fused-ring (bicyclic) bond motifs is 1. The van der Waals surface area contributed by atoms with Gasteiger partial charge in [-0.15, -0.1) is 0 Å². The van der Waals surface area contributed by atoms with E-state index in [2.05, 4.69) is 9.88 Å². The molecule has 0 saturated carbocycles. The molecule has 5 nitrogen and oxygen atoms in total. The third-order valence-corrected chi connectivity index (χ3v) is 4.35. The number of primary amides is 1. The average molecular weight is 287 g/mol. The fourth-order valence-corrected chi connectivity index (χ4v) is 3.16. The van der Waals surface area contributed by atoms with E-state index in [4.69, 9.17) is 10.2 Å². The first-order valence-electron chi connectivity index (χ1n) is 7.58. The fourth-order valence-electron chi connectivity index (χ4n) is 3.16. The molecule has 1 aromatic heterocycles. The summed E-state index contributed by atoms with van der Waals surface area (Å²) >= 11 is 0. The van der Waals surface area contributed by atoms with E-state index in [1.165, 1.54) is 0 Å². The quantitative estimate of drug-likeness (QED) is 0.936. The Hall–Kier alpha value is -1.88. The van der Waals surface area contributed by atoms with Crippen molar-refractivity contribution in [2.45, 2.75) is 38.1 Å². The smallest absolute Gasteiger partial charge is 0.234 e. The standard InChI is InChI=1S/C16H21N3O2/c1-2-13(15(17)20)19-9-7-11(8-10-19)16-18-12-5-3-4-6-14(12)21-16/h3-6,11,13H,2,7-10H2,1H3,(H2,17,20). The van der Waals surface area contributed by atoms with Gasteiger partial charge in [0.05, 0.1) is 6.04 Å². The number of hydrogen-bond acceptors (Lipinski definition) is 4. The summed E-state index contributed by atoms with van der Waals surface area (Å²) in [6.07, 6.45) is 2.68. The first-order chi connectivity index (χ1) is 10.2. The molecule has 1 saturated heterocycles. The number of benzene rings is 1. The maximum Gasteiger partial charge on any atom is 0.234 e. The lowest BCUT2D eigenvalue weighted by Crippen LogP contribution is -2.47. The Balaban J connectivity index is 1.69.